The summed E-state index contributed by atoms with van der Waals surface area (Å²) in [6.07, 6.45) is 6.78. The predicted octanol–water partition coefficient (Wildman–Crippen LogP) is 11.0. The number of allylic oxidation sites excluding steroid dienone is 1. The summed E-state index contributed by atoms with van der Waals surface area (Å²) in [5.41, 5.74) is 13.7. The Morgan fingerprint density at radius 3 is 1.73 bits per heavy atom. The van der Waals surface area contributed by atoms with Crippen LogP contribution >= 0.6 is 0 Å². The molecule has 0 spiro atoms. The second kappa shape index (κ2) is 10.00. The first-order valence-electron chi connectivity index (χ1n) is 15.4. The molecule has 6 aromatic carbocycles. The number of benzene rings is 6. The Bertz CT molecular complexity index is 2300. The minimum absolute atomic E-state index is 1.04. The molecule has 0 unspecified atom stereocenters. The molecule has 208 valence electrons. The van der Waals surface area contributed by atoms with E-state index in [9.17, 15) is 0 Å². The van der Waals surface area contributed by atoms with Gasteiger partial charge in [-0.1, -0.05) is 103 Å². The van der Waals surface area contributed by atoms with Gasteiger partial charge in [0, 0.05) is 33.2 Å². The number of aryl methyl sites for hydroxylation is 1. The quantitative estimate of drug-likeness (QED) is 0.202. The van der Waals surface area contributed by atoms with Gasteiger partial charge < -0.3 is 9.13 Å². The monoisotopic (exact) mass is 562 g/mol. The van der Waals surface area contributed by atoms with E-state index in [4.69, 9.17) is 0 Å². The lowest BCUT2D eigenvalue weighted by Gasteiger charge is -2.16. The van der Waals surface area contributed by atoms with Gasteiger partial charge in [0.15, 0.2) is 0 Å². The summed E-state index contributed by atoms with van der Waals surface area (Å²) in [4.78, 5) is 0. The molecule has 1 aliphatic carbocycles. The van der Waals surface area contributed by atoms with Crippen LogP contribution in [0.15, 0.2) is 152 Å². The second-order valence-corrected chi connectivity index (χ2v) is 11.7. The molecule has 0 saturated heterocycles. The van der Waals surface area contributed by atoms with E-state index >= 15 is 0 Å². The molecule has 0 radical (unpaired) electrons. The van der Waals surface area contributed by atoms with Crippen LogP contribution in [0.2, 0.25) is 0 Å². The number of hydrogen-bond donors (Lipinski definition) is 0. The van der Waals surface area contributed by atoms with Gasteiger partial charge in [-0.15, -0.1) is 0 Å². The molecule has 1 aliphatic rings. The average Bonchev–Trinajstić information content (AvgIpc) is 3.60. The van der Waals surface area contributed by atoms with Crippen molar-refractivity contribution in [3.05, 3.63) is 163 Å². The Morgan fingerprint density at radius 1 is 0.409 bits per heavy atom. The summed E-state index contributed by atoms with van der Waals surface area (Å²) in [5.74, 6) is 0. The summed E-state index contributed by atoms with van der Waals surface area (Å²) >= 11 is 0. The number of fused-ring (bicyclic) bond motifs is 6. The van der Waals surface area contributed by atoms with E-state index in [1.165, 1.54) is 77.6 Å². The number of para-hydroxylation sites is 2. The van der Waals surface area contributed by atoms with E-state index in [1.54, 1.807) is 0 Å². The minimum Gasteiger partial charge on any atom is -0.309 e. The zero-order chi connectivity index (χ0) is 29.0. The van der Waals surface area contributed by atoms with Gasteiger partial charge in [-0.2, -0.15) is 0 Å². The second-order valence-electron chi connectivity index (χ2n) is 11.7. The first-order chi connectivity index (χ1) is 21.8. The van der Waals surface area contributed by atoms with Crippen LogP contribution in [-0.4, -0.2) is 9.13 Å². The van der Waals surface area contributed by atoms with Crippen molar-refractivity contribution < 1.29 is 0 Å². The summed E-state index contributed by atoms with van der Waals surface area (Å²) < 4.78 is 4.93. The molecule has 2 nitrogen and oxygen atoms in total. The van der Waals surface area contributed by atoms with Crippen LogP contribution in [0.3, 0.4) is 0 Å². The predicted molar refractivity (Wildman–Crippen MR) is 186 cm³/mol. The lowest BCUT2D eigenvalue weighted by molar-refractivity contribution is 0.968. The highest BCUT2D eigenvalue weighted by Gasteiger charge is 2.22. The molecule has 0 amide bonds. The van der Waals surface area contributed by atoms with E-state index in [0.29, 0.717) is 0 Å². The van der Waals surface area contributed by atoms with Gasteiger partial charge in [0.1, 0.15) is 0 Å². The third kappa shape index (κ3) is 3.88. The van der Waals surface area contributed by atoms with Crippen molar-refractivity contribution >= 4 is 38.8 Å². The van der Waals surface area contributed by atoms with E-state index in [0.717, 1.165) is 12.8 Å². The van der Waals surface area contributed by atoms with Crippen LogP contribution in [0.4, 0.5) is 0 Å². The molecular formula is C42H30N2. The van der Waals surface area contributed by atoms with Gasteiger partial charge in [0.05, 0.1) is 16.6 Å². The highest BCUT2D eigenvalue weighted by molar-refractivity contribution is 6.14. The summed E-state index contributed by atoms with van der Waals surface area (Å²) in [7, 11) is 0. The number of aromatic nitrogens is 2. The van der Waals surface area contributed by atoms with E-state index in [-0.39, 0.29) is 0 Å². The first kappa shape index (κ1) is 24.9. The average molecular weight is 563 g/mol. The number of rotatable bonds is 4. The van der Waals surface area contributed by atoms with E-state index in [2.05, 4.69) is 167 Å². The lowest BCUT2D eigenvalue weighted by Crippen LogP contribution is -2.01. The van der Waals surface area contributed by atoms with Crippen molar-refractivity contribution in [2.75, 3.05) is 0 Å². The molecule has 0 fully saturated rings. The number of nitrogens with zero attached hydrogens (tertiary/aromatic N) is 2. The fourth-order valence-electron chi connectivity index (χ4n) is 7.16. The van der Waals surface area contributed by atoms with Crippen molar-refractivity contribution in [1.29, 1.82) is 0 Å². The van der Waals surface area contributed by atoms with Crippen molar-refractivity contribution in [3.8, 4) is 33.6 Å². The van der Waals surface area contributed by atoms with Crippen LogP contribution in [0, 0.1) is 0 Å². The Morgan fingerprint density at radius 2 is 1.02 bits per heavy atom. The molecule has 8 aromatic rings. The molecule has 0 aliphatic heterocycles. The standard InChI is InChI=1S/C42H30N2/c1-4-14-29(15-5-1)31-24-32(30-16-6-2-7-17-30)26-34(25-31)44-40-23-13-11-21-36(40)38-27-37-35-20-10-12-22-39(35)43(41(37)28-42(38)44)33-18-8-3-9-19-33/h1-10,12-20,22-28H,11,21H2. The smallest absolute Gasteiger partial charge is 0.0562 e. The molecule has 2 heterocycles. The molecule has 0 atom stereocenters. The molecule has 0 bridgehead atoms. The van der Waals surface area contributed by atoms with Crippen LogP contribution in [0.1, 0.15) is 17.7 Å². The van der Waals surface area contributed by atoms with Gasteiger partial charge >= 0.3 is 0 Å². The Labute approximate surface area is 256 Å². The van der Waals surface area contributed by atoms with E-state index in [1.807, 2.05) is 0 Å². The fourth-order valence-corrected chi connectivity index (χ4v) is 7.16. The van der Waals surface area contributed by atoms with Crippen LogP contribution in [0.5, 0.6) is 0 Å². The topological polar surface area (TPSA) is 9.86 Å². The van der Waals surface area contributed by atoms with E-state index < -0.39 is 0 Å². The third-order valence-corrected chi connectivity index (χ3v) is 9.15. The van der Waals surface area contributed by atoms with Gasteiger partial charge in [-0.3, -0.25) is 0 Å². The number of hydrogen-bond acceptors (Lipinski definition) is 0. The highest BCUT2D eigenvalue weighted by atomic mass is 15.0. The minimum atomic E-state index is 1.04. The largest absolute Gasteiger partial charge is 0.309 e. The molecule has 0 N–H and O–H groups in total. The van der Waals surface area contributed by atoms with Crippen LogP contribution in [-0.2, 0) is 6.42 Å². The Hall–Kier alpha value is -5.60. The lowest BCUT2D eigenvalue weighted by atomic mass is 9.97. The van der Waals surface area contributed by atoms with Crippen molar-refractivity contribution in [3.63, 3.8) is 0 Å². The molecule has 9 rings (SSSR count). The molecule has 2 heteroatoms. The molecule has 2 aromatic heterocycles. The zero-order valence-corrected chi connectivity index (χ0v) is 24.3. The SMILES string of the molecule is C1=Cc2c(c3cc4c5ccccc5n(-c5ccccc5)c4cc3n2-c2cc(-c3ccccc3)cc(-c3ccccc3)c2)CC1. The van der Waals surface area contributed by atoms with Gasteiger partial charge in [-0.05, 0) is 95.3 Å². The normalized spacial score (nSPS) is 12.7. The Kier molecular flexibility index (Phi) is 5.67. The summed E-state index contributed by atoms with van der Waals surface area (Å²) in [6, 6.07) is 53.0. The first-order valence-corrected chi connectivity index (χ1v) is 15.4. The van der Waals surface area contributed by atoms with Crippen molar-refractivity contribution in [2.45, 2.75) is 12.8 Å². The van der Waals surface area contributed by atoms with Crippen molar-refractivity contribution in [2.24, 2.45) is 0 Å². The van der Waals surface area contributed by atoms with Gasteiger partial charge in [0.25, 0.3) is 0 Å². The third-order valence-electron chi connectivity index (χ3n) is 9.15. The molecule has 44 heavy (non-hydrogen) atoms. The Balaban J connectivity index is 1.39. The van der Waals surface area contributed by atoms with Gasteiger partial charge in [-0.25, -0.2) is 0 Å². The van der Waals surface area contributed by atoms with Crippen molar-refractivity contribution in [1.82, 2.24) is 9.13 Å². The van der Waals surface area contributed by atoms with Gasteiger partial charge in [0.2, 0.25) is 0 Å². The maximum absolute atomic E-state index is 2.51. The highest BCUT2D eigenvalue weighted by Crippen LogP contribution is 2.41. The zero-order valence-electron chi connectivity index (χ0n) is 24.3. The summed E-state index contributed by atoms with van der Waals surface area (Å²) in [5, 5.41) is 3.94. The molecular weight excluding hydrogens is 532 g/mol. The molecule has 0 saturated carbocycles. The van der Waals surface area contributed by atoms with Crippen LogP contribution < -0.4 is 0 Å². The summed E-state index contributed by atoms with van der Waals surface area (Å²) in [6.45, 7) is 0. The fraction of sp³-hybridized carbons (Fsp3) is 0.0476. The maximum Gasteiger partial charge on any atom is 0.0562 e. The maximum atomic E-state index is 2.51. The van der Waals surface area contributed by atoms with Crippen LogP contribution in [0.25, 0.3) is 72.4 Å².